The van der Waals surface area contributed by atoms with Crippen LogP contribution in [0.3, 0.4) is 0 Å². The number of amides is 2. The Morgan fingerprint density at radius 2 is 1.91 bits per heavy atom. The van der Waals surface area contributed by atoms with Crippen molar-refractivity contribution in [3.05, 3.63) is 52.4 Å². The number of benzene rings is 1. The van der Waals surface area contributed by atoms with Crippen molar-refractivity contribution in [1.29, 1.82) is 0 Å². The number of carbonyl (C=O) groups is 2. The third-order valence-corrected chi connectivity index (χ3v) is 6.64. The van der Waals surface area contributed by atoms with Crippen LogP contribution in [-0.2, 0) is 4.79 Å². The average Bonchev–Trinajstić information content (AvgIpc) is 3.10. The van der Waals surface area contributed by atoms with Crippen molar-refractivity contribution in [2.75, 3.05) is 38.1 Å². The number of piperazine rings is 1. The van der Waals surface area contributed by atoms with Gasteiger partial charge in [-0.2, -0.15) is 0 Å². The molecule has 4 heterocycles. The summed E-state index contributed by atoms with van der Waals surface area (Å²) in [6.45, 7) is 3.87. The fourth-order valence-corrected chi connectivity index (χ4v) is 4.76. The number of likely N-dealkylation sites (N-methyl/N-ethyl adjacent to an activating group) is 1. The molecule has 5 rings (SSSR count). The Hall–Kier alpha value is -3.01. The van der Waals surface area contributed by atoms with E-state index >= 15 is 0 Å². The lowest BCUT2D eigenvalue weighted by Crippen LogP contribution is -2.44. The molecule has 8 nitrogen and oxygen atoms in total. The van der Waals surface area contributed by atoms with E-state index in [1.165, 1.54) is 6.33 Å². The molecule has 1 N–H and O–H groups in total. The van der Waals surface area contributed by atoms with Crippen molar-refractivity contribution < 1.29 is 9.59 Å². The first kappa shape index (κ1) is 20.9. The molecular formula is C22H19ClN6O2S. The summed E-state index contributed by atoms with van der Waals surface area (Å²) in [5, 5.41) is 3.32. The number of rotatable bonds is 3. The maximum atomic E-state index is 11.9. The molecule has 2 aromatic heterocycles. The van der Waals surface area contributed by atoms with Crippen molar-refractivity contribution >= 4 is 57.2 Å². The zero-order valence-corrected chi connectivity index (χ0v) is 18.8. The number of pyridine rings is 1. The number of aromatic nitrogens is 3. The van der Waals surface area contributed by atoms with Crippen molar-refractivity contribution in [2.45, 2.75) is 0 Å². The largest absolute Gasteiger partial charge is 0.368 e. The highest BCUT2D eigenvalue weighted by Gasteiger charge is 2.25. The van der Waals surface area contributed by atoms with Gasteiger partial charge in [0.15, 0.2) is 0 Å². The second kappa shape index (κ2) is 8.50. The van der Waals surface area contributed by atoms with Gasteiger partial charge in [-0.25, -0.2) is 9.97 Å². The van der Waals surface area contributed by atoms with E-state index in [1.807, 2.05) is 24.3 Å². The Bertz CT molecular complexity index is 1270. The van der Waals surface area contributed by atoms with Gasteiger partial charge in [-0.1, -0.05) is 17.7 Å². The highest BCUT2D eigenvalue weighted by Crippen LogP contribution is 2.34. The second-order valence-corrected chi connectivity index (χ2v) is 9.08. The smallest absolute Gasteiger partial charge is 0.290 e. The van der Waals surface area contributed by atoms with Crippen LogP contribution >= 0.6 is 23.4 Å². The third-order valence-electron chi connectivity index (χ3n) is 5.53. The zero-order valence-electron chi connectivity index (χ0n) is 17.2. The number of halogens is 1. The fourth-order valence-electron chi connectivity index (χ4n) is 3.80. The molecule has 0 aliphatic carbocycles. The highest BCUT2D eigenvalue weighted by molar-refractivity contribution is 8.18. The quantitative estimate of drug-likeness (QED) is 0.587. The lowest BCUT2D eigenvalue weighted by Gasteiger charge is -2.34. The van der Waals surface area contributed by atoms with Crippen LogP contribution in [0.4, 0.5) is 10.5 Å². The van der Waals surface area contributed by atoms with E-state index in [9.17, 15) is 9.59 Å². The SMILES string of the molecule is CN1CCN(c2ccc(-c3ncnc4cnc(C=C5SC(=O)NC5=O)cc34)cc2Cl)CC1. The molecule has 2 amide bonds. The number of hydrogen-bond donors (Lipinski definition) is 1. The summed E-state index contributed by atoms with van der Waals surface area (Å²) in [5.41, 5.74) is 3.83. The van der Waals surface area contributed by atoms with Gasteiger partial charge in [-0.05, 0) is 43.1 Å². The summed E-state index contributed by atoms with van der Waals surface area (Å²) in [6, 6.07) is 7.79. The molecular weight excluding hydrogens is 448 g/mol. The molecule has 3 aromatic rings. The van der Waals surface area contributed by atoms with Crippen LogP contribution in [0.15, 0.2) is 41.7 Å². The molecule has 2 fully saturated rings. The molecule has 0 saturated carbocycles. The third kappa shape index (κ3) is 4.06. The Balaban J connectivity index is 1.51. The lowest BCUT2D eigenvalue weighted by molar-refractivity contribution is -0.115. The van der Waals surface area contributed by atoms with Gasteiger partial charge in [0.2, 0.25) is 0 Å². The minimum atomic E-state index is -0.419. The minimum Gasteiger partial charge on any atom is -0.368 e. The Morgan fingerprint density at radius 1 is 1.09 bits per heavy atom. The summed E-state index contributed by atoms with van der Waals surface area (Å²) < 4.78 is 0. The molecule has 10 heteroatoms. The summed E-state index contributed by atoms with van der Waals surface area (Å²) in [6.07, 6.45) is 4.72. The van der Waals surface area contributed by atoms with Gasteiger partial charge in [-0.3, -0.25) is 19.9 Å². The van der Waals surface area contributed by atoms with Crippen LogP contribution in [0.2, 0.25) is 5.02 Å². The number of nitrogens with zero attached hydrogens (tertiary/aromatic N) is 5. The summed E-state index contributed by atoms with van der Waals surface area (Å²) >= 11 is 7.53. The van der Waals surface area contributed by atoms with E-state index in [4.69, 9.17) is 11.6 Å². The van der Waals surface area contributed by atoms with Crippen LogP contribution in [0.1, 0.15) is 5.69 Å². The molecule has 2 aliphatic rings. The van der Waals surface area contributed by atoms with Gasteiger partial charge < -0.3 is 9.80 Å². The molecule has 162 valence electrons. The number of hydrogen-bond acceptors (Lipinski definition) is 8. The summed E-state index contributed by atoms with van der Waals surface area (Å²) in [4.78, 5) is 41.4. The highest BCUT2D eigenvalue weighted by atomic mass is 35.5. The van der Waals surface area contributed by atoms with Crippen molar-refractivity contribution in [3.63, 3.8) is 0 Å². The maximum Gasteiger partial charge on any atom is 0.290 e. The molecule has 2 saturated heterocycles. The normalized spacial score (nSPS) is 18.6. The zero-order chi connectivity index (χ0) is 22.2. The summed E-state index contributed by atoms with van der Waals surface area (Å²) in [5.74, 6) is -0.419. The van der Waals surface area contributed by atoms with Gasteiger partial charge in [0, 0.05) is 37.1 Å². The topological polar surface area (TPSA) is 91.3 Å². The lowest BCUT2D eigenvalue weighted by atomic mass is 10.1. The first-order valence-corrected chi connectivity index (χ1v) is 11.3. The van der Waals surface area contributed by atoms with Crippen LogP contribution in [0.25, 0.3) is 28.2 Å². The standard InChI is InChI=1S/C22H19ClN6O2S/c1-28-4-6-29(7-5-28)18-3-2-13(8-16(18)23)20-15-9-14(24-11-17(15)25-12-26-20)10-19-21(30)27-22(31)32-19/h2-3,8-12H,4-7H2,1H3,(H,27,30,31). The summed E-state index contributed by atoms with van der Waals surface area (Å²) in [7, 11) is 2.12. The second-order valence-electron chi connectivity index (χ2n) is 7.66. The molecule has 1 aromatic carbocycles. The minimum absolute atomic E-state index is 0.305. The number of imide groups is 1. The Labute approximate surface area is 193 Å². The van der Waals surface area contributed by atoms with Crippen LogP contribution < -0.4 is 10.2 Å². The van der Waals surface area contributed by atoms with Gasteiger partial charge in [0.25, 0.3) is 11.1 Å². The molecule has 2 aliphatic heterocycles. The molecule has 0 bridgehead atoms. The van der Waals surface area contributed by atoms with Gasteiger partial charge in [0.1, 0.15) is 6.33 Å². The predicted octanol–water partition coefficient (Wildman–Crippen LogP) is 3.42. The van der Waals surface area contributed by atoms with E-state index in [0.717, 1.165) is 60.3 Å². The van der Waals surface area contributed by atoms with Crippen molar-refractivity contribution in [2.24, 2.45) is 0 Å². The number of nitrogens with one attached hydrogen (secondary N) is 1. The van der Waals surface area contributed by atoms with Crippen molar-refractivity contribution in [1.82, 2.24) is 25.2 Å². The van der Waals surface area contributed by atoms with Gasteiger partial charge >= 0.3 is 0 Å². The molecule has 0 spiro atoms. The van der Waals surface area contributed by atoms with E-state index in [2.05, 4.69) is 37.1 Å². The maximum absolute atomic E-state index is 11.9. The first-order chi connectivity index (χ1) is 15.5. The monoisotopic (exact) mass is 466 g/mol. The number of anilines is 1. The van der Waals surface area contributed by atoms with E-state index in [-0.39, 0.29) is 5.24 Å². The van der Waals surface area contributed by atoms with Crippen LogP contribution in [0, 0.1) is 0 Å². The van der Waals surface area contributed by atoms with Crippen molar-refractivity contribution in [3.8, 4) is 11.3 Å². The van der Waals surface area contributed by atoms with Crippen LogP contribution in [-0.4, -0.2) is 64.2 Å². The van der Waals surface area contributed by atoms with E-state index in [1.54, 1.807) is 12.3 Å². The van der Waals surface area contributed by atoms with Gasteiger partial charge in [0.05, 0.1) is 38.7 Å². The molecule has 32 heavy (non-hydrogen) atoms. The molecule has 0 unspecified atom stereocenters. The number of fused-ring (bicyclic) bond motifs is 1. The first-order valence-electron chi connectivity index (χ1n) is 10.1. The fraction of sp³-hybridized carbons (Fsp3) is 0.227. The van der Waals surface area contributed by atoms with Gasteiger partial charge in [-0.15, -0.1) is 0 Å². The Kier molecular flexibility index (Phi) is 5.54. The average molecular weight is 467 g/mol. The Morgan fingerprint density at radius 3 is 2.62 bits per heavy atom. The molecule has 0 atom stereocenters. The number of thioether (sulfide) groups is 1. The van der Waals surface area contributed by atoms with E-state index < -0.39 is 5.91 Å². The predicted molar refractivity (Wildman–Crippen MR) is 127 cm³/mol. The number of carbonyl (C=O) groups excluding carboxylic acids is 2. The van der Waals surface area contributed by atoms with Crippen LogP contribution in [0.5, 0.6) is 0 Å². The van der Waals surface area contributed by atoms with E-state index in [0.29, 0.717) is 21.1 Å². The molecule has 0 radical (unpaired) electrons.